The molecule has 2 heterocycles. The van der Waals surface area contributed by atoms with Gasteiger partial charge in [0, 0.05) is 11.3 Å². The zero-order valence-electron chi connectivity index (χ0n) is 22.6. The van der Waals surface area contributed by atoms with Gasteiger partial charge in [0.15, 0.2) is 17.3 Å². The zero-order chi connectivity index (χ0) is 27.5. The lowest BCUT2D eigenvalue weighted by Gasteiger charge is -2.29. The van der Waals surface area contributed by atoms with Crippen molar-refractivity contribution in [3.05, 3.63) is 89.1 Å². The summed E-state index contributed by atoms with van der Waals surface area (Å²) in [6.45, 7) is 6.30. The number of aromatic nitrogens is 3. The van der Waals surface area contributed by atoms with Crippen LogP contribution in [0.5, 0.6) is 17.2 Å². The summed E-state index contributed by atoms with van der Waals surface area (Å²) >= 11 is 0. The molecule has 4 aromatic rings. The van der Waals surface area contributed by atoms with Gasteiger partial charge in [-0.05, 0) is 56.2 Å². The van der Waals surface area contributed by atoms with Crippen molar-refractivity contribution in [2.24, 2.45) is 0 Å². The number of allylic oxidation sites excluding steroid dienone is 1. The quantitative estimate of drug-likeness (QED) is 0.309. The topological polar surface area (TPSA) is 99.5 Å². The van der Waals surface area contributed by atoms with Gasteiger partial charge < -0.3 is 24.8 Å². The molecule has 200 valence electrons. The first-order chi connectivity index (χ1) is 18.9. The fourth-order valence-corrected chi connectivity index (χ4v) is 4.76. The number of anilines is 2. The van der Waals surface area contributed by atoms with Crippen molar-refractivity contribution < 1.29 is 19.0 Å². The van der Waals surface area contributed by atoms with Gasteiger partial charge in [0.2, 0.25) is 5.95 Å². The van der Waals surface area contributed by atoms with Crippen LogP contribution in [0.4, 0.5) is 11.6 Å². The van der Waals surface area contributed by atoms with Crippen LogP contribution in [0.2, 0.25) is 0 Å². The Morgan fingerprint density at radius 3 is 2.46 bits per heavy atom. The molecule has 1 atom stereocenters. The van der Waals surface area contributed by atoms with E-state index in [0.717, 1.165) is 16.7 Å². The van der Waals surface area contributed by atoms with Gasteiger partial charge in [0.1, 0.15) is 11.8 Å². The molecule has 1 aliphatic rings. The number of para-hydroxylation sites is 2. The molecule has 0 radical (unpaired) electrons. The average Bonchev–Trinajstić information content (AvgIpc) is 3.36. The number of nitrogens with one attached hydrogen (secondary N) is 2. The van der Waals surface area contributed by atoms with Crippen molar-refractivity contribution in [1.29, 1.82) is 0 Å². The largest absolute Gasteiger partial charge is 0.495 e. The van der Waals surface area contributed by atoms with Crippen LogP contribution in [0, 0.1) is 6.92 Å². The smallest absolute Gasteiger partial charge is 0.255 e. The second-order valence-corrected chi connectivity index (χ2v) is 9.08. The maximum Gasteiger partial charge on any atom is 0.255 e. The summed E-state index contributed by atoms with van der Waals surface area (Å²) in [5, 5.41) is 11.2. The lowest BCUT2D eigenvalue weighted by atomic mass is 9.94. The van der Waals surface area contributed by atoms with Crippen molar-refractivity contribution in [2.75, 3.05) is 31.5 Å². The Hall–Kier alpha value is -4.79. The SMILES string of the molecule is CCOc1ccc(C2C(C(=O)Nc3ccccc3OC)=C(C)Nc3nc(-c4ccccc4C)nn32)cc1OC. The number of hydrogen-bond acceptors (Lipinski definition) is 7. The van der Waals surface area contributed by atoms with Crippen molar-refractivity contribution in [2.45, 2.75) is 26.8 Å². The summed E-state index contributed by atoms with van der Waals surface area (Å²) in [5.41, 5.74) is 4.49. The maximum absolute atomic E-state index is 13.9. The van der Waals surface area contributed by atoms with Crippen LogP contribution in [-0.4, -0.2) is 41.5 Å². The molecule has 2 N–H and O–H groups in total. The summed E-state index contributed by atoms with van der Waals surface area (Å²) in [4.78, 5) is 18.7. The lowest BCUT2D eigenvalue weighted by Crippen LogP contribution is -2.31. The predicted octanol–water partition coefficient (Wildman–Crippen LogP) is 5.60. The maximum atomic E-state index is 13.9. The zero-order valence-corrected chi connectivity index (χ0v) is 22.6. The summed E-state index contributed by atoms with van der Waals surface area (Å²) < 4.78 is 18.6. The molecule has 1 amide bonds. The van der Waals surface area contributed by atoms with Gasteiger partial charge in [-0.2, -0.15) is 4.98 Å². The van der Waals surface area contributed by atoms with Gasteiger partial charge in [-0.1, -0.05) is 42.5 Å². The third kappa shape index (κ3) is 4.90. The number of carbonyl (C=O) groups is 1. The number of methoxy groups -OCH3 is 2. The monoisotopic (exact) mass is 525 g/mol. The van der Waals surface area contributed by atoms with Crippen LogP contribution in [0.3, 0.4) is 0 Å². The van der Waals surface area contributed by atoms with Crippen molar-refractivity contribution >= 4 is 17.5 Å². The minimum absolute atomic E-state index is 0.291. The minimum Gasteiger partial charge on any atom is -0.495 e. The molecule has 1 unspecified atom stereocenters. The molecular weight excluding hydrogens is 494 g/mol. The predicted molar refractivity (Wildman–Crippen MR) is 150 cm³/mol. The van der Waals surface area contributed by atoms with E-state index >= 15 is 0 Å². The van der Waals surface area contributed by atoms with Gasteiger partial charge in [-0.15, -0.1) is 5.10 Å². The second kappa shape index (κ2) is 10.9. The highest BCUT2D eigenvalue weighted by molar-refractivity contribution is 6.06. The molecule has 1 aromatic heterocycles. The second-order valence-electron chi connectivity index (χ2n) is 9.08. The number of fused-ring (bicyclic) bond motifs is 1. The van der Waals surface area contributed by atoms with Crippen LogP contribution < -0.4 is 24.8 Å². The molecule has 1 aliphatic heterocycles. The standard InChI is InChI=1S/C30H31N5O4/c1-6-39-24-16-15-20(17-25(24)38-5)27-26(29(36)32-22-13-9-10-14-23(22)37-4)19(3)31-30-33-28(34-35(27)30)21-12-8-7-11-18(21)2/h7-17,27H,6H2,1-5H3,(H,32,36)(H,31,33,34). The van der Waals surface area contributed by atoms with Gasteiger partial charge in [0.05, 0.1) is 32.1 Å². The summed E-state index contributed by atoms with van der Waals surface area (Å²) in [5.74, 6) is 2.57. The lowest BCUT2D eigenvalue weighted by molar-refractivity contribution is -0.113. The number of rotatable bonds is 8. The Labute approximate surface area is 227 Å². The van der Waals surface area contributed by atoms with Gasteiger partial charge in [0.25, 0.3) is 5.91 Å². The van der Waals surface area contributed by atoms with Crippen LogP contribution >= 0.6 is 0 Å². The Kier molecular flexibility index (Phi) is 7.23. The van der Waals surface area contributed by atoms with Crippen LogP contribution in [0.1, 0.15) is 31.0 Å². The molecule has 9 nitrogen and oxygen atoms in total. The van der Waals surface area contributed by atoms with E-state index < -0.39 is 6.04 Å². The Morgan fingerprint density at radius 1 is 0.974 bits per heavy atom. The Bertz CT molecular complexity index is 1560. The highest BCUT2D eigenvalue weighted by atomic mass is 16.5. The normalized spacial score (nSPS) is 14.3. The number of aryl methyl sites for hydroxylation is 1. The number of benzene rings is 3. The van der Waals surface area contributed by atoms with Crippen LogP contribution in [-0.2, 0) is 4.79 Å². The fourth-order valence-electron chi connectivity index (χ4n) is 4.76. The first-order valence-electron chi connectivity index (χ1n) is 12.7. The highest BCUT2D eigenvalue weighted by Crippen LogP contribution is 2.40. The minimum atomic E-state index is -0.592. The molecular formula is C30H31N5O4. The van der Waals surface area contributed by atoms with E-state index in [2.05, 4.69) is 10.6 Å². The molecule has 39 heavy (non-hydrogen) atoms. The molecule has 5 rings (SSSR count). The molecule has 0 bridgehead atoms. The highest BCUT2D eigenvalue weighted by Gasteiger charge is 2.35. The van der Waals surface area contributed by atoms with Gasteiger partial charge in [-0.25, -0.2) is 4.68 Å². The van der Waals surface area contributed by atoms with Gasteiger partial charge >= 0.3 is 0 Å². The molecule has 0 aliphatic carbocycles. The third-order valence-corrected chi connectivity index (χ3v) is 6.64. The molecule has 9 heteroatoms. The first-order valence-corrected chi connectivity index (χ1v) is 12.7. The number of hydrogen-bond donors (Lipinski definition) is 2. The summed E-state index contributed by atoms with van der Waals surface area (Å²) in [7, 11) is 3.17. The van der Waals surface area contributed by atoms with Crippen LogP contribution in [0.25, 0.3) is 11.4 Å². The van der Waals surface area contributed by atoms with Crippen molar-refractivity contribution in [3.8, 4) is 28.6 Å². The summed E-state index contributed by atoms with van der Waals surface area (Å²) in [6, 6.07) is 20.3. The Morgan fingerprint density at radius 2 is 1.72 bits per heavy atom. The molecule has 0 saturated carbocycles. The number of nitrogens with zero attached hydrogens (tertiary/aromatic N) is 3. The molecule has 0 spiro atoms. The van der Waals surface area contributed by atoms with E-state index in [0.29, 0.717) is 52.6 Å². The van der Waals surface area contributed by atoms with E-state index in [4.69, 9.17) is 24.3 Å². The Balaban J connectivity index is 1.64. The van der Waals surface area contributed by atoms with E-state index in [1.807, 2.05) is 75.4 Å². The number of carbonyl (C=O) groups excluding carboxylic acids is 1. The molecule has 3 aromatic carbocycles. The van der Waals surface area contributed by atoms with Gasteiger partial charge in [-0.3, -0.25) is 4.79 Å². The van der Waals surface area contributed by atoms with E-state index in [-0.39, 0.29) is 5.91 Å². The van der Waals surface area contributed by atoms with Crippen LogP contribution in [0.15, 0.2) is 78.0 Å². The number of ether oxygens (including phenoxy) is 3. The van der Waals surface area contributed by atoms with Crippen molar-refractivity contribution in [1.82, 2.24) is 14.8 Å². The fraction of sp³-hybridized carbons (Fsp3) is 0.233. The third-order valence-electron chi connectivity index (χ3n) is 6.64. The van der Waals surface area contributed by atoms with Crippen molar-refractivity contribution in [3.63, 3.8) is 0 Å². The summed E-state index contributed by atoms with van der Waals surface area (Å²) in [6.07, 6.45) is 0. The first kappa shape index (κ1) is 25.8. The number of amides is 1. The average molecular weight is 526 g/mol. The molecule has 0 saturated heterocycles. The van der Waals surface area contributed by atoms with E-state index in [9.17, 15) is 4.79 Å². The molecule has 0 fully saturated rings. The van der Waals surface area contributed by atoms with E-state index in [1.54, 1.807) is 31.0 Å². The van der Waals surface area contributed by atoms with E-state index in [1.165, 1.54) is 0 Å².